The average Bonchev–Trinajstić information content (AvgIpc) is 1.97. The SMILES string of the molecule is C/N=C(/C/C(C)=N/C)C(F)(F)F. The van der Waals surface area contributed by atoms with Crippen molar-refractivity contribution in [2.24, 2.45) is 9.98 Å². The lowest BCUT2D eigenvalue weighted by molar-refractivity contribution is -0.0598. The summed E-state index contributed by atoms with van der Waals surface area (Å²) in [6.07, 6.45) is -4.56. The molecule has 0 N–H and O–H groups in total. The quantitative estimate of drug-likeness (QED) is 0.581. The van der Waals surface area contributed by atoms with Gasteiger partial charge in [-0.15, -0.1) is 0 Å². The Kier molecular flexibility index (Phi) is 3.92. The molecule has 0 heterocycles. The summed E-state index contributed by atoms with van der Waals surface area (Å²) in [5.41, 5.74) is -0.362. The molecular weight excluding hydrogens is 169 g/mol. The molecule has 0 aliphatic rings. The lowest BCUT2D eigenvalue weighted by Crippen LogP contribution is -2.24. The Bertz CT molecular complexity index is 203. The third-order valence-electron chi connectivity index (χ3n) is 1.40. The molecule has 5 heteroatoms. The van der Waals surface area contributed by atoms with Gasteiger partial charge in [0, 0.05) is 26.2 Å². The van der Waals surface area contributed by atoms with Crippen LogP contribution >= 0.6 is 0 Å². The minimum Gasteiger partial charge on any atom is -0.297 e. The normalized spacial score (nSPS) is 15.2. The van der Waals surface area contributed by atoms with Crippen molar-refractivity contribution in [2.75, 3.05) is 14.1 Å². The monoisotopic (exact) mass is 180 g/mol. The third kappa shape index (κ3) is 3.50. The van der Waals surface area contributed by atoms with Crippen LogP contribution in [0.2, 0.25) is 0 Å². The molecule has 0 aromatic rings. The highest BCUT2D eigenvalue weighted by atomic mass is 19.4. The maximum atomic E-state index is 12.0. The van der Waals surface area contributed by atoms with Crippen LogP contribution in [0.25, 0.3) is 0 Å². The lowest BCUT2D eigenvalue weighted by Gasteiger charge is -2.08. The fourth-order valence-electron chi connectivity index (χ4n) is 0.627. The largest absolute Gasteiger partial charge is 0.429 e. The maximum absolute atomic E-state index is 12.0. The van der Waals surface area contributed by atoms with E-state index in [0.29, 0.717) is 5.71 Å². The zero-order valence-corrected chi connectivity index (χ0v) is 7.24. The summed E-state index contributed by atoms with van der Waals surface area (Å²) in [5.74, 6) is 0. The molecule has 0 unspecified atom stereocenters. The van der Waals surface area contributed by atoms with Gasteiger partial charge in [0.25, 0.3) is 0 Å². The Morgan fingerprint density at radius 1 is 1.17 bits per heavy atom. The van der Waals surface area contributed by atoms with E-state index >= 15 is 0 Å². The molecule has 0 saturated carbocycles. The van der Waals surface area contributed by atoms with Crippen molar-refractivity contribution in [1.29, 1.82) is 0 Å². The van der Waals surface area contributed by atoms with Crippen molar-refractivity contribution in [2.45, 2.75) is 19.5 Å². The smallest absolute Gasteiger partial charge is 0.297 e. The number of halogens is 3. The molecule has 0 aromatic heterocycles. The zero-order chi connectivity index (χ0) is 9.78. The van der Waals surface area contributed by atoms with Crippen molar-refractivity contribution in [3.63, 3.8) is 0 Å². The van der Waals surface area contributed by atoms with Gasteiger partial charge in [-0.05, 0) is 6.92 Å². The van der Waals surface area contributed by atoms with Crippen LogP contribution in [0.1, 0.15) is 13.3 Å². The minimum absolute atomic E-state index is 0.226. The van der Waals surface area contributed by atoms with Gasteiger partial charge >= 0.3 is 6.18 Å². The van der Waals surface area contributed by atoms with E-state index in [9.17, 15) is 13.2 Å². The Labute approximate surface area is 69.2 Å². The zero-order valence-electron chi connectivity index (χ0n) is 7.24. The van der Waals surface area contributed by atoms with Crippen LogP contribution in [0.4, 0.5) is 13.2 Å². The molecule has 0 fully saturated rings. The second-order valence-electron chi connectivity index (χ2n) is 2.30. The van der Waals surface area contributed by atoms with Crippen LogP contribution in [0.3, 0.4) is 0 Å². The van der Waals surface area contributed by atoms with E-state index in [4.69, 9.17) is 0 Å². The van der Waals surface area contributed by atoms with E-state index in [-0.39, 0.29) is 6.42 Å². The lowest BCUT2D eigenvalue weighted by atomic mass is 10.2. The molecule has 0 atom stereocenters. The topological polar surface area (TPSA) is 24.7 Å². The first-order valence-electron chi connectivity index (χ1n) is 3.37. The summed E-state index contributed by atoms with van der Waals surface area (Å²) < 4.78 is 36.1. The number of hydrogen-bond donors (Lipinski definition) is 0. The molecular formula is C7H11F3N2. The second-order valence-corrected chi connectivity index (χ2v) is 2.30. The number of hydrogen-bond acceptors (Lipinski definition) is 2. The van der Waals surface area contributed by atoms with Gasteiger partial charge in [-0.25, -0.2) is 0 Å². The van der Waals surface area contributed by atoms with Crippen LogP contribution in [-0.4, -0.2) is 31.7 Å². The van der Waals surface area contributed by atoms with E-state index < -0.39 is 11.9 Å². The number of nitrogens with zero attached hydrogens (tertiary/aromatic N) is 2. The number of alkyl halides is 3. The second kappa shape index (κ2) is 4.23. The van der Waals surface area contributed by atoms with Gasteiger partial charge in [0.2, 0.25) is 0 Å². The standard InChI is InChI=1S/C7H11F3N2/c1-5(11-2)4-6(12-3)7(8,9)10/h4H2,1-3H3/b11-5+,12-6-. The van der Waals surface area contributed by atoms with Gasteiger partial charge in [-0.2, -0.15) is 13.2 Å². The Balaban J connectivity index is 4.43. The van der Waals surface area contributed by atoms with Crippen molar-refractivity contribution < 1.29 is 13.2 Å². The predicted octanol–water partition coefficient (Wildman–Crippen LogP) is 2.10. The minimum atomic E-state index is -4.33. The van der Waals surface area contributed by atoms with Crippen LogP contribution in [0.5, 0.6) is 0 Å². The predicted molar refractivity (Wildman–Crippen MR) is 43.1 cm³/mol. The molecule has 0 amide bonds. The maximum Gasteiger partial charge on any atom is 0.429 e. The average molecular weight is 180 g/mol. The van der Waals surface area contributed by atoms with Crippen LogP contribution in [0, 0.1) is 0 Å². The van der Waals surface area contributed by atoms with Crippen LogP contribution in [-0.2, 0) is 0 Å². The first-order chi connectivity index (χ1) is 5.41. The number of aliphatic imine (C=N–C) groups is 2. The highest BCUT2D eigenvalue weighted by Crippen LogP contribution is 2.19. The Hall–Kier alpha value is -0.870. The molecule has 70 valence electrons. The fourth-order valence-corrected chi connectivity index (χ4v) is 0.627. The summed E-state index contributed by atoms with van der Waals surface area (Å²) in [6, 6.07) is 0. The molecule has 0 bridgehead atoms. The number of rotatable bonds is 2. The highest BCUT2D eigenvalue weighted by molar-refractivity contribution is 6.05. The van der Waals surface area contributed by atoms with Gasteiger partial charge in [-0.1, -0.05) is 0 Å². The van der Waals surface area contributed by atoms with Gasteiger partial charge < -0.3 is 0 Å². The van der Waals surface area contributed by atoms with E-state index in [1.165, 1.54) is 14.0 Å². The Morgan fingerprint density at radius 3 is 1.92 bits per heavy atom. The molecule has 0 aliphatic heterocycles. The molecule has 0 aliphatic carbocycles. The van der Waals surface area contributed by atoms with Crippen LogP contribution in [0.15, 0.2) is 9.98 Å². The molecule has 0 rings (SSSR count). The van der Waals surface area contributed by atoms with Gasteiger partial charge in [0.05, 0.1) is 0 Å². The van der Waals surface area contributed by atoms with Gasteiger partial charge in [0.15, 0.2) is 0 Å². The van der Waals surface area contributed by atoms with Crippen molar-refractivity contribution in [1.82, 2.24) is 0 Å². The first-order valence-corrected chi connectivity index (χ1v) is 3.37. The fraction of sp³-hybridized carbons (Fsp3) is 0.714. The molecule has 0 saturated heterocycles. The van der Waals surface area contributed by atoms with Crippen LogP contribution < -0.4 is 0 Å². The molecule has 0 aromatic carbocycles. The van der Waals surface area contributed by atoms with E-state index in [0.717, 1.165) is 7.05 Å². The first kappa shape index (κ1) is 11.1. The summed E-state index contributed by atoms with van der Waals surface area (Å²) in [7, 11) is 2.59. The van der Waals surface area contributed by atoms with E-state index in [2.05, 4.69) is 9.98 Å². The van der Waals surface area contributed by atoms with Crippen molar-refractivity contribution in [3.05, 3.63) is 0 Å². The highest BCUT2D eigenvalue weighted by Gasteiger charge is 2.34. The summed E-state index contributed by atoms with van der Waals surface area (Å²) in [5, 5.41) is 0. The third-order valence-corrected chi connectivity index (χ3v) is 1.40. The molecule has 0 radical (unpaired) electrons. The van der Waals surface area contributed by atoms with Crippen molar-refractivity contribution >= 4 is 11.4 Å². The van der Waals surface area contributed by atoms with E-state index in [1.54, 1.807) is 0 Å². The molecule has 0 spiro atoms. The summed E-state index contributed by atoms with van der Waals surface area (Å²) in [4.78, 5) is 6.78. The molecule has 12 heavy (non-hydrogen) atoms. The van der Waals surface area contributed by atoms with Gasteiger partial charge in [-0.3, -0.25) is 9.98 Å². The summed E-state index contributed by atoms with van der Waals surface area (Å²) in [6.45, 7) is 1.54. The molecule has 2 nitrogen and oxygen atoms in total. The Morgan fingerprint density at radius 2 is 1.67 bits per heavy atom. The summed E-state index contributed by atoms with van der Waals surface area (Å²) >= 11 is 0. The van der Waals surface area contributed by atoms with E-state index in [1.807, 2.05) is 0 Å². The van der Waals surface area contributed by atoms with Crippen molar-refractivity contribution in [3.8, 4) is 0 Å². The van der Waals surface area contributed by atoms with Gasteiger partial charge in [0.1, 0.15) is 5.71 Å².